The van der Waals surface area contributed by atoms with Crippen molar-refractivity contribution in [3.05, 3.63) is 99.6 Å². The van der Waals surface area contributed by atoms with Gasteiger partial charge in [-0.05, 0) is 42.2 Å². The van der Waals surface area contributed by atoms with E-state index in [1.165, 1.54) is 17.2 Å². The molecule has 0 spiro atoms. The van der Waals surface area contributed by atoms with Crippen molar-refractivity contribution in [3.63, 3.8) is 0 Å². The van der Waals surface area contributed by atoms with Crippen molar-refractivity contribution in [1.29, 1.82) is 0 Å². The number of nitrogens with one attached hydrogen (secondary N) is 1. The lowest BCUT2D eigenvalue weighted by molar-refractivity contribution is -0.383. The Morgan fingerprint density at radius 1 is 0.875 bits per heavy atom. The van der Waals surface area contributed by atoms with Crippen LogP contribution in [0, 0.1) is 17.0 Å². The summed E-state index contributed by atoms with van der Waals surface area (Å²) in [5.41, 5.74) is 4.77. The van der Waals surface area contributed by atoms with E-state index in [9.17, 15) is 10.1 Å². The normalized spacial score (nSPS) is 10.4. The lowest BCUT2D eigenvalue weighted by atomic mass is 10.0. The van der Waals surface area contributed by atoms with Crippen LogP contribution in [0.15, 0.2) is 72.8 Å². The first-order chi connectivity index (χ1) is 11.6. The zero-order valence-corrected chi connectivity index (χ0v) is 13.4. The van der Waals surface area contributed by atoms with Crippen LogP contribution in [0.3, 0.4) is 0 Å². The standard InChI is InChI=1S/C20H18N2O2/c1-15-6-5-9-19(22(23)24)20(15)21-18-12-10-17(11-13-18)14-16-7-3-2-4-8-16/h2-13,21H,14H2,1H3. The van der Waals surface area contributed by atoms with Gasteiger partial charge in [0.2, 0.25) is 0 Å². The Morgan fingerprint density at radius 3 is 2.21 bits per heavy atom. The van der Waals surface area contributed by atoms with Crippen LogP contribution in [0.4, 0.5) is 17.1 Å². The molecular formula is C20H18N2O2. The zero-order valence-electron chi connectivity index (χ0n) is 13.4. The molecule has 0 fully saturated rings. The number of hydrogen-bond acceptors (Lipinski definition) is 3. The molecule has 0 aliphatic carbocycles. The average molecular weight is 318 g/mol. The summed E-state index contributed by atoms with van der Waals surface area (Å²) in [7, 11) is 0. The lowest BCUT2D eigenvalue weighted by Crippen LogP contribution is -1.99. The molecule has 0 bridgehead atoms. The second kappa shape index (κ2) is 6.96. The monoisotopic (exact) mass is 318 g/mol. The number of anilines is 2. The van der Waals surface area contributed by atoms with Crippen molar-refractivity contribution in [3.8, 4) is 0 Å². The van der Waals surface area contributed by atoms with E-state index in [0.717, 1.165) is 17.7 Å². The summed E-state index contributed by atoms with van der Waals surface area (Å²) in [6.07, 6.45) is 0.867. The van der Waals surface area contributed by atoms with Gasteiger partial charge in [0.15, 0.2) is 0 Å². The van der Waals surface area contributed by atoms with Gasteiger partial charge in [0, 0.05) is 11.8 Å². The predicted molar refractivity (Wildman–Crippen MR) is 96.8 cm³/mol. The van der Waals surface area contributed by atoms with Crippen LogP contribution < -0.4 is 5.32 Å². The van der Waals surface area contributed by atoms with Gasteiger partial charge in [0.05, 0.1) is 4.92 Å². The van der Waals surface area contributed by atoms with E-state index in [2.05, 4.69) is 17.4 Å². The second-order valence-corrected chi connectivity index (χ2v) is 5.71. The summed E-state index contributed by atoms with van der Waals surface area (Å²) in [5.74, 6) is 0. The van der Waals surface area contributed by atoms with Gasteiger partial charge in [-0.25, -0.2) is 0 Å². The smallest absolute Gasteiger partial charge is 0.292 e. The maximum Gasteiger partial charge on any atom is 0.292 e. The molecule has 0 heterocycles. The highest BCUT2D eigenvalue weighted by Gasteiger charge is 2.15. The molecule has 1 N–H and O–H groups in total. The zero-order chi connectivity index (χ0) is 16.9. The Kier molecular flexibility index (Phi) is 4.57. The van der Waals surface area contributed by atoms with Gasteiger partial charge in [-0.2, -0.15) is 0 Å². The molecule has 3 aromatic rings. The number of rotatable bonds is 5. The number of nitrogens with zero attached hydrogens (tertiary/aromatic N) is 1. The van der Waals surface area contributed by atoms with Crippen molar-refractivity contribution in [2.75, 3.05) is 5.32 Å². The third kappa shape index (κ3) is 3.60. The molecule has 0 aromatic heterocycles. The van der Waals surface area contributed by atoms with Gasteiger partial charge in [-0.15, -0.1) is 0 Å². The molecule has 0 amide bonds. The number of hydrogen-bond donors (Lipinski definition) is 1. The maximum atomic E-state index is 11.2. The Labute approximate surface area is 140 Å². The number of nitro groups is 1. The molecule has 0 atom stereocenters. The van der Waals surface area contributed by atoms with Gasteiger partial charge in [0.25, 0.3) is 5.69 Å². The highest BCUT2D eigenvalue weighted by atomic mass is 16.6. The van der Waals surface area contributed by atoms with Gasteiger partial charge in [-0.1, -0.05) is 54.6 Å². The van der Waals surface area contributed by atoms with Crippen molar-refractivity contribution in [2.45, 2.75) is 13.3 Å². The van der Waals surface area contributed by atoms with Gasteiger partial charge >= 0.3 is 0 Å². The molecule has 0 radical (unpaired) electrons. The van der Waals surface area contributed by atoms with Gasteiger partial charge in [-0.3, -0.25) is 10.1 Å². The minimum atomic E-state index is -0.362. The largest absolute Gasteiger partial charge is 0.350 e. The van der Waals surface area contributed by atoms with Crippen LogP contribution in [0.25, 0.3) is 0 Å². The van der Waals surface area contributed by atoms with Crippen molar-refractivity contribution < 1.29 is 4.92 Å². The van der Waals surface area contributed by atoms with E-state index >= 15 is 0 Å². The summed E-state index contributed by atoms with van der Waals surface area (Å²) in [6, 6.07) is 23.3. The Hall–Kier alpha value is -3.14. The third-order valence-electron chi connectivity index (χ3n) is 3.92. The highest BCUT2D eigenvalue weighted by Crippen LogP contribution is 2.30. The second-order valence-electron chi connectivity index (χ2n) is 5.71. The van der Waals surface area contributed by atoms with E-state index in [1.54, 1.807) is 6.07 Å². The van der Waals surface area contributed by atoms with E-state index in [4.69, 9.17) is 0 Å². The molecule has 0 unspecified atom stereocenters. The topological polar surface area (TPSA) is 55.2 Å². The van der Waals surface area contributed by atoms with Crippen LogP contribution in [0.2, 0.25) is 0 Å². The summed E-state index contributed by atoms with van der Waals surface area (Å²) in [5, 5.41) is 14.4. The molecule has 0 saturated heterocycles. The van der Waals surface area contributed by atoms with Crippen molar-refractivity contribution in [1.82, 2.24) is 0 Å². The first-order valence-corrected chi connectivity index (χ1v) is 7.77. The Bertz CT molecular complexity index is 843. The minimum absolute atomic E-state index is 0.0864. The van der Waals surface area contributed by atoms with Crippen LogP contribution in [0.5, 0.6) is 0 Å². The van der Waals surface area contributed by atoms with E-state index in [1.807, 2.05) is 55.5 Å². The predicted octanol–water partition coefficient (Wildman–Crippen LogP) is 5.24. The first-order valence-electron chi connectivity index (χ1n) is 7.77. The van der Waals surface area contributed by atoms with Crippen LogP contribution in [0.1, 0.15) is 16.7 Å². The molecule has 3 rings (SSSR count). The molecule has 3 aromatic carbocycles. The highest BCUT2D eigenvalue weighted by molar-refractivity contribution is 5.72. The third-order valence-corrected chi connectivity index (χ3v) is 3.92. The molecule has 24 heavy (non-hydrogen) atoms. The quantitative estimate of drug-likeness (QED) is 0.517. The van der Waals surface area contributed by atoms with E-state index in [-0.39, 0.29) is 10.6 Å². The molecule has 120 valence electrons. The number of benzene rings is 3. The fourth-order valence-corrected chi connectivity index (χ4v) is 2.65. The van der Waals surface area contributed by atoms with Crippen LogP contribution in [-0.2, 0) is 6.42 Å². The molecule has 0 aliphatic heterocycles. The Balaban J connectivity index is 1.79. The summed E-state index contributed by atoms with van der Waals surface area (Å²) in [6.45, 7) is 1.86. The summed E-state index contributed by atoms with van der Waals surface area (Å²) < 4.78 is 0. The average Bonchev–Trinajstić information content (AvgIpc) is 2.59. The molecule has 0 aliphatic rings. The number of aryl methyl sites for hydroxylation is 1. The van der Waals surface area contributed by atoms with Gasteiger partial charge < -0.3 is 5.32 Å². The van der Waals surface area contributed by atoms with Crippen LogP contribution >= 0.6 is 0 Å². The SMILES string of the molecule is Cc1cccc([N+](=O)[O-])c1Nc1ccc(Cc2ccccc2)cc1. The van der Waals surface area contributed by atoms with Crippen molar-refractivity contribution >= 4 is 17.1 Å². The molecule has 4 nitrogen and oxygen atoms in total. The number of para-hydroxylation sites is 1. The van der Waals surface area contributed by atoms with Crippen molar-refractivity contribution in [2.24, 2.45) is 0 Å². The summed E-state index contributed by atoms with van der Waals surface area (Å²) >= 11 is 0. The Morgan fingerprint density at radius 2 is 1.54 bits per heavy atom. The van der Waals surface area contributed by atoms with E-state index < -0.39 is 0 Å². The fraction of sp³-hybridized carbons (Fsp3) is 0.100. The molecule has 0 saturated carbocycles. The maximum absolute atomic E-state index is 11.2. The fourth-order valence-electron chi connectivity index (χ4n) is 2.65. The number of nitro benzene ring substituents is 1. The molecular weight excluding hydrogens is 300 g/mol. The first kappa shape index (κ1) is 15.7. The molecule has 4 heteroatoms. The summed E-state index contributed by atoms with van der Waals surface area (Å²) in [4.78, 5) is 10.8. The lowest BCUT2D eigenvalue weighted by Gasteiger charge is -2.11. The van der Waals surface area contributed by atoms with Gasteiger partial charge in [0.1, 0.15) is 5.69 Å². The minimum Gasteiger partial charge on any atom is -0.350 e. The van der Waals surface area contributed by atoms with Crippen LogP contribution in [-0.4, -0.2) is 4.92 Å². The van der Waals surface area contributed by atoms with E-state index in [0.29, 0.717) is 5.69 Å².